The van der Waals surface area contributed by atoms with Gasteiger partial charge in [-0.15, -0.1) is 0 Å². The van der Waals surface area contributed by atoms with Crippen molar-refractivity contribution in [2.45, 2.75) is 19.4 Å². The van der Waals surface area contributed by atoms with Crippen molar-refractivity contribution < 1.29 is 8.78 Å². The molecule has 2 unspecified atom stereocenters. The van der Waals surface area contributed by atoms with Crippen molar-refractivity contribution in [1.82, 2.24) is 0 Å². The van der Waals surface area contributed by atoms with Crippen molar-refractivity contribution in [3.63, 3.8) is 0 Å². The van der Waals surface area contributed by atoms with Crippen LogP contribution in [0.2, 0.25) is 0 Å². The molecule has 2 rings (SSSR count). The first-order chi connectivity index (χ1) is 9.08. The van der Waals surface area contributed by atoms with Crippen LogP contribution in [0.4, 0.5) is 8.78 Å². The summed E-state index contributed by atoms with van der Waals surface area (Å²) in [5, 5.41) is 0. The van der Waals surface area contributed by atoms with E-state index in [0.29, 0.717) is 12.0 Å². The molecule has 0 radical (unpaired) electrons. The van der Waals surface area contributed by atoms with Crippen LogP contribution >= 0.6 is 0 Å². The second-order valence-electron chi connectivity index (χ2n) is 4.85. The van der Waals surface area contributed by atoms with Gasteiger partial charge in [0.2, 0.25) is 0 Å². The summed E-state index contributed by atoms with van der Waals surface area (Å²) in [4.78, 5) is 0. The Labute approximate surface area is 112 Å². The molecule has 0 aliphatic heterocycles. The van der Waals surface area contributed by atoms with Crippen molar-refractivity contribution in [1.29, 1.82) is 0 Å². The summed E-state index contributed by atoms with van der Waals surface area (Å²) in [6.07, 6.45) is 0.488. The van der Waals surface area contributed by atoms with Crippen molar-refractivity contribution in [2.75, 3.05) is 0 Å². The molecule has 2 atom stereocenters. The highest BCUT2D eigenvalue weighted by Gasteiger charge is 2.17. The Morgan fingerprint density at radius 2 is 1.74 bits per heavy atom. The highest BCUT2D eigenvalue weighted by atomic mass is 19.1. The molecule has 0 aliphatic carbocycles. The van der Waals surface area contributed by atoms with Crippen LogP contribution in [0, 0.1) is 17.6 Å². The maximum absolute atomic E-state index is 13.6. The standard InChI is InChI=1S/C16H17F2N/c1-11(16(19)12-5-3-2-4-6-12)9-13-7-8-14(17)10-15(13)18/h2-8,10-11,16H,9,19H2,1H3. The van der Waals surface area contributed by atoms with Gasteiger partial charge in [0.25, 0.3) is 0 Å². The molecule has 3 heteroatoms. The maximum Gasteiger partial charge on any atom is 0.129 e. The van der Waals surface area contributed by atoms with Gasteiger partial charge in [-0.2, -0.15) is 0 Å². The monoisotopic (exact) mass is 261 g/mol. The van der Waals surface area contributed by atoms with Crippen LogP contribution in [-0.4, -0.2) is 0 Å². The first kappa shape index (κ1) is 13.7. The molecule has 2 aromatic carbocycles. The second-order valence-corrected chi connectivity index (χ2v) is 4.85. The zero-order chi connectivity index (χ0) is 13.8. The minimum atomic E-state index is -0.554. The van der Waals surface area contributed by atoms with Crippen molar-refractivity contribution >= 4 is 0 Å². The van der Waals surface area contributed by atoms with E-state index in [4.69, 9.17) is 5.73 Å². The minimum absolute atomic E-state index is 0.0716. The minimum Gasteiger partial charge on any atom is -0.324 e. The van der Waals surface area contributed by atoms with Gasteiger partial charge in [-0.25, -0.2) is 8.78 Å². The normalized spacial score (nSPS) is 14.1. The molecule has 0 heterocycles. The van der Waals surface area contributed by atoms with Crippen LogP contribution in [0.1, 0.15) is 24.1 Å². The summed E-state index contributed by atoms with van der Waals surface area (Å²) in [6.45, 7) is 1.97. The van der Waals surface area contributed by atoms with Crippen molar-refractivity contribution in [3.05, 3.63) is 71.3 Å². The highest BCUT2D eigenvalue weighted by Crippen LogP contribution is 2.24. The fraction of sp³-hybridized carbons (Fsp3) is 0.250. The lowest BCUT2D eigenvalue weighted by molar-refractivity contribution is 0.456. The average molecular weight is 261 g/mol. The van der Waals surface area contributed by atoms with Gasteiger partial charge in [0.15, 0.2) is 0 Å². The number of benzene rings is 2. The van der Waals surface area contributed by atoms with E-state index >= 15 is 0 Å². The van der Waals surface area contributed by atoms with Gasteiger partial charge >= 0.3 is 0 Å². The molecule has 100 valence electrons. The number of hydrogen-bond donors (Lipinski definition) is 1. The smallest absolute Gasteiger partial charge is 0.129 e. The van der Waals surface area contributed by atoms with Gasteiger partial charge in [0.05, 0.1) is 0 Å². The van der Waals surface area contributed by atoms with Gasteiger partial charge in [-0.3, -0.25) is 0 Å². The molecule has 0 saturated carbocycles. The molecular weight excluding hydrogens is 244 g/mol. The van der Waals surface area contributed by atoms with Gasteiger partial charge in [0, 0.05) is 12.1 Å². The predicted molar refractivity (Wildman–Crippen MR) is 72.6 cm³/mol. The summed E-state index contributed by atoms with van der Waals surface area (Å²) in [5.41, 5.74) is 7.70. The molecule has 0 amide bonds. The predicted octanol–water partition coefficient (Wildman–Crippen LogP) is 3.84. The Kier molecular flexibility index (Phi) is 4.27. The van der Waals surface area contributed by atoms with Crippen LogP contribution in [-0.2, 0) is 6.42 Å². The summed E-state index contributed by atoms with van der Waals surface area (Å²) in [7, 11) is 0. The van der Waals surface area contributed by atoms with Crippen molar-refractivity contribution in [2.24, 2.45) is 11.7 Å². The molecule has 0 spiro atoms. The van der Waals surface area contributed by atoms with Crippen LogP contribution in [0.25, 0.3) is 0 Å². The van der Waals surface area contributed by atoms with E-state index in [2.05, 4.69) is 0 Å². The van der Waals surface area contributed by atoms with Gasteiger partial charge in [-0.05, 0) is 29.5 Å². The zero-order valence-corrected chi connectivity index (χ0v) is 10.8. The van der Waals surface area contributed by atoms with Gasteiger partial charge in [-0.1, -0.05) is 43.3 Å². The maximum atomic E-state index is 13.6. The first-order valence-electron chi connectivity index (χ1n) is 6.32. The zero-order valence-electron chi connectivity index (χ0n) is 10.8. The van der Waals surface area contributed by atoms with Gasteiger partial charge in [0.1, 0.15) is 11.6 Å². The van der Waals surface area contributed by atoms with E-state index in [1.807, 2.05) is 37.3 Å². The molecule has 19 heavy (non-hydrogen) atoms. The quantitative estimate of drug-likeness (QED) is 0.889. The van der Waals surface area contributed by atoms with E-state index < -0.39 is 11.6 Å². The summed E-state index contributed by atoms with van der Waals surface area (Å²) < 4.78 is 26.4. The summed E-state index contributed by atoms with van der Waals surface area (Å²) in [5.74, 6) is -0.990. The molecule has 2 N–H and O–H groups in total. The SMILES string of the molecule is CC(Cc1ccc(F)cc1F)C(N)c1ccccc1. The van der Waals surface area contributed by atoms with E-state index in [1.54, 1.807) is 0 Å². The second kappa shape index (κ2) is 5.93. The molecule has 0 fully saturated rings. The largest absolute Gasteiger partial charge is 0.324 e. The number of hydrogen-bond acceptors (Lipinski definition) is 1. The average Bonchev–Trinajstić information content (AvgIpc) is 2.42. The van der Waals surface area contributed by atoms with E-state index in [9.17, 15) is 8.78 Å². The van der Waals surface area contributed by atoms with Crippen LogP contribution in [0.5, 0.6) is 0 Å². The topological polar surface area (TPSA) is 26.0 Å². The van der Waals surface area contributed by atoms with Crippen LogP contribution in [0.15, 0.2) is 48.5 Å². The first-order valence-corrected chi connectivity index (χ1v) is 6.32. The Hall–Kier alpha value is -1.74. The van der Waals surface area contributed by atoms with Crippen LogP contribution in [0.3, 0.4) is 0 Å². The molecule has 2 aromatic rings. The Bertz CT molecular complexity index is 540. The van der Waals surface area contributed by atoms with Crippen LogP contribution < -0.4 is 5.73 Å². The fourth-order valence-electron chi connectivity index (χ4n) is 2.16. The molecular formula is C16H17F2N. The number of nitrogens with two attached hydrogens (primary N) is 1. The Balaban J connectivity index is 2.10. The highest BCUT2D eigenvalue weighted by molar-refractivity contribution is 5.22. The lowest BCUT2D eigenvalue weighted by atomic mass is 9.90. The molecule has 0 saturated heterocycles. The Morgan fingerprint density at radius 3 is 2.37 bits per heavy atom. The van der Waals surface area contributed by atoms with Gasteiger partial charge < -0.3 is 5.73 Å². The van der Waals surface area contributed by atoms with E-state index in [1.165, 1.54) is 12.1 Å². The van der Waals surface area contributed by atoms with E-state index in [0.717, 1.165) is 11.6 Å². The number of rotatable bonds is 4. The van der Waals surface area contributed by atoms with Crippen molar-refractivity contribution in [3.8, 4) is 0 Å². The molecule has 0 aromatic heterocycles. The fourth-order valence-corrected chi connectivity index (χ4v) is 2.16. The Morgan fingerprint density at radius 1 is 1.05 bits per heavy atom. The summed E-state index contributed by atoms with van der Waals surface area (Å²) >= 11 is 0. The third-order valence-electron chi connectivity index (χ3n) is 3.35. The molecule has 0 aliphatic rings. The lowest BCUT2D eigenvalue weighted by Gasteiger charge is -2.20. The molecule has 0 bridgehead atoms. The summed E-state index contributed by atoms with van der Waals surface area (Å²) in [6, 6.07) is 13.2. The molecule has 1 nitrogen and oxygen atoms in total. The third kappa shape index (κ3) is 3.38. The number of halogens is 2. The van der Waals surface area contributed by atoms with E-state index in [-0.39, 0.29) is 12.0 Å². The lowest BCUT2D eigenvalue weighted by Crippen LogP contribution is -2.21. The third-order valence-corrected chi connectivity index (χ3v) is 3.35.